The molecule has 1 aliphatic rings. The van der Waals surface area contributed by atoms with Gasteiger partial charge in [0, 0.05) is 24.7 Å². The zero-order valence-electron chi connectivity index (χ0n) is 17.1. The fourth-order valence-electron chi connectivity index (χ4n) is 3.11. The van der Waals surface area contributed by atoms with Gasteiger partial charge in [-0.3, -0.25) is 4.79 Å². The maximum absolute atomic E-state index is 12.6. The molecular weight excluding hydrogens is 372 g/mol. The summed E-state index contributed by atoms with van der Waals surface area (Å²) in [6.45, 7) is 6.88. The number of para-hydroxylation sites is 1. The van der Waals surface area contributed by atoms with Crippen LogP contribution in [0.25, 0.3) is 0 Å². The van der Waals surface area contributed by atoms with E-state index < -0.39 is 5.60 Å². The summed E-state index contributed by atoms with van der Waals surface area (Å²) in [5.41, 5.74) is 0.178. The van der Waals surface area contributed by atoms with E-state index >= 15 is 0 Å². The number of carbonyl (C=O) groups excluding carboxylic acids is 2. The van der Waals surface area contributed by atoms with Gasteiger partial charge in [0.05, 0.1) is 6.26 Å². The minimum Gasteiger partial charge on any atom is -0.489 e. The molecule has 1 aromatic carbocycles. The zero-order valence-corrected chi connectivity index (χ0v) is 17.1. The van der Waals surface area contributed by atoms with Crippen LogP contribution in [0.4, 0.5) is 4.79 Å². The van der Waals surface area contributed by atoms with E-state index in [0.717, 1.165) is 5.75 Å². The second-order valence-corrected chi connectivity index (χ2v) is 8.09. The molecule has 0 aliphatic carbocycles. The fraction of sp³-hybridized carbons (Fsp3) is 0.455. The zero-order chi connectivity index (χ0) is 20.9. The van der Waals surface area contributed by atoms with Gasteiger partial charge in [-0.1, -0.05) is 18.2 Å². The lowest BCUT2D eigenvalue weighted by atomic mass is 10.1. The lowest BCUT2D eigenvalue weighted by Gasteiger charge is -2.33. The molecular formula is C22H28N2O5. The summed E-state index contributed by atoms with van der Waals surface area (Å²) in [5, 5.41) is 3.00. The number of piperidine rings is 1. The Hall–Kier alpha value is -2.96. The molecule has 1 saturated heterocycles. The standard InChI is InChI=1S/C22H28N2O5/c1-22(2,3)29-21(26)24-12-9-17(10-13-24)23-20(25)19-16(11-14-27-19)15-28-18-7-5-4-6-8-18/h4-8,11,14,17H,9-10,12-13,15H2,1-3H3,(H,23,25). The molecule has 1 fully saturated rings. The van der Waals surface area contributed by atoms with Gasteiger partial charge in [0.25, 0.3) is 5.91 Å². The third-order valence-corrected chi connectivity index (χ3v) is 4.57. The van der Waals surface area contributed by atoms with Gasteiger partial charge in [0.1, 0.15) is 18.0 Å². The highest BCUT2D eigenvalue weighted by molar-refractivity contribution is 5.93. The van der Waals surface area contributed by atoms with Crippen LogP contribution in [-0.2, 0) is 11.3 Å². The second-order valence-electron chi connectivity index (χ2n) is 8.09. The smallest absolute Gasteiger partial charge is 0.410 e. The minimum absolute atomic E-state index is 0.0193. The molecule has 1 aliphatic heterocycles. The molecule has 2 aromatic rings. The Morgan fingerprint density at radius 3 is 2.48 bits per heavy atom. The average Bonchev–Trinajstić information content (AvgIpc) is 3.15. The molecule has 7 nitrogen and oxygen atoms in total. The number of amides is 2. The van der Waals surface area contributed by atoms with E-state index in [-0.39, 0.29) is 30.4 Å². The Balaban J connectivity index is 1.49. The molecule has 3 rings (SSSR count). The third kappa shape index (κ3) is 6.01. The molecule has 156 valence electrons. The highest BCUT2D eigenvalue weighted by Crippen LogP contribution is 2.18. The van der Waals surface area contributed by atoms with Gasteiger partial charge in [0.2, 0.25) is 0 Å². The molecule has 1 aromatic heterocycles. The largest absolute Gasteiger partial charge is 0.489 e. The summed E-state index contributed by atoms with van der Waals surface area (Å²) < 4.78 is 16.5. The van der Waals surface area contributed by atoms with Crippen LogP contribution in [0.3, 0.4) is 0 Å². The van der Waals surface area contributed by atoms with Gasteiger partial charge in [0.15, 0.2) is 5.76 Å². The first-order valence-electron chi connectivity index (χ1n) is 9.85. The highest BCUT2D eigenvalue weighted by atomic mass is 16.6. The van der Waals surface area contributed by atoms with Crippen LogP contribution in [0.5, 0.6) is 5.75 Å². The van der Waals surface area contributed by atoms with Crippen LogP contribution in [-0.4, -0.2) is 41.6 Å². The average molecular weight is 400 g/mol. The van der Waals surface area contributed by atoms with Gasteiger partial charge in [-0.15, -0.1) is 0 Å². The van der Waals surface area contributed by atoms with Crippen molar-refractivity contribution in [2.24, 2.45) is 0 Å². The van der Waals surface area contributed by atoms with Crippen molar-refractivity contribution < 1.29 is 23.5 Å². The molecule has 1 N–H and O–H groups in total. The molecule has 2 heterocycles. The second kappa shape index (κ2) is 9.03. The maximum atomic E-state index is 12.6. The molecule has 7 heteroatoms. The summed E-state index contributed by atoms with van der Waals surface area (Å²) in [5.74, 6) is 0.724. The number of nitrogens with zero attached hydrogens (tertiary/aromatic N) is 1. The summed E-state index contributed by atoms with van der Waals surface area (Å²) in [7, 11) is 0. The third-order valence-electron chi connectivity index (χ3n) is 4.57. The van der Waals surface area contributed by atoms with Crippen LogP contribution >= 0.6 is 0 Å². The van der Waals surface area contributed by atoms with Crippen molar-refractivity contribution in [3.05, 3.63) is 54.0 Å². The Labute approximate surface area is 171 Å². The number of carbonyl (C=O) groups is 2. The first kappa shape index (κ1) is 20.8. The predicted molar refractivity (Wildman–Crippen MR) is 108 cm³/mol. The highest BCUT2D eigenvalue weighted by Gasteiger charge is 2.28. The quantitative estimate of drug-likeness (QED) is 0.821. The van der Waals surface area contributed by atoms with E-state index in [0.29, 0.717) is 31.5 Å². The molecule has 0 unspecified atom stereocenters. The number of nitrogens with one attached hydrogen (secondary N) is 1. The molecule has 0 radical (unpaired) electrons. The van der Waals surface area contributed by atoms with E-state index in [1.54, 1.807) is 11.0 Å². The SMILES string of the molecule is CC(C)(C)OC(=O)N1CCC(NC(=O)c2occc2COc2ccccc2)CC1. The fourth-order valence-corrected chi connectivity index (χ4v) is 3.11. The number of ether oxygens (including phenoxy) is 2. The molecule has 0 bridgehead atoms. The summed E-state index contributed by atoms with van der Waals surface area (Å²) in [6.07, 6.45) is 2.51. The predicted octanol–water partition coefficient (Wildman–Crippen LogP) is 3.99. The van der Waals surface area contributed by atoms with E-state index in [9.17, 15) is 9.59 Å². The van der Waals surface area contributed by atoms with Gasteiger partial charge in [-0.2, -0.15) is 0 Å². The molecule has 29 heavy (non-hydrogen) atoms. The summed E-state index contributed by atoms with van der Waals surface area (Å²) in [4.78, 5) is 26.5. The van der Waals surface area contributed by atoms with Gasteiger partial charge >= 0.3 is 6.09 Å². The Bertz CT molecular complexity index is 817. The van der Waals surface area contributed by atoms with Crippen LogP contribution in [0.2, 0.25) is 0 Å². The van der Waals surface area contributed by atoms with Crippen molar-refractivity contribution in [3.8, 4) is 5.75 Å². The first-order valence-corrected chi connectivity index (χ1v) is 9.85. The molecule has 0 saturated carbocycles. The van der Waals surface area contributed by atoms with Crippen molar-refractivity contribution in [2.45, 2.75) is 51.9 Å². The van der Waals surface area contributed by atoms with Crippen LogP contribution in [0.1, 0.15) is 49.7 Å². The lowest BCUT2D eigenvalue weighted by Crippen LogP contribution is -2.47. The Kier molecular flexibility index (Phi) is 6.46. The van der Waals surface area contributed by atoms with E-state index in [2.05, 4.69) is 5.32 Å². The van der Waals surface area contributed by atoms with Crippen LogP contribution in [0, 0.1) is 0 Å². The van der Waals surface area contributed by atoms with E-state index in [1.165, 1.54) is 6.26 Å². The van der Waals surface area contributed by atoms with E-state index in [4.69, 9.17) is 13.9 Å². The van der Waals surface area contributed by atoms with Gasteiger partial charge in [-0.05, 0) is 51.8 Å². The van der Waals surface area contributed by atoms with Gasteiger partial charge < -0.3 is 24.1 Å². The molecule has 2 amide bonds. The Morgan fingerprint density at radius 2 is 1.83 bits per heavy atom. The number of rotatable bonds is 5. The number of furan rings is 1. The topological polar surface area (TPSA) is 81.0 Å². The van der Waals surface area contributed by atoms with Crippen molar-refractivity contribution in [1.82, 2.24) is 10.2 Å². The van der Waals surface area contributed by atoms with Crippen molar-refractivity contribution in [3.63, 3.8) is 0 Å². The van der Waals surface area contributed by atoms with Crippen molar-refractivity contribution >= 4 is 12.0 Å². The lowest BCUT2D eigenvalue weighted by molar-refractivity contribution is 0.0199. The van der Waals surface area contributed by atoms with Crippen LogP contribution in [0.15, 0.2) is 47.1 Å². The Morgan fingerprint density at radius 1 is 1.14 bits per heavy atom. The minimum atomic E-state index is -0.514. The number of hydrogen-bond acceptors (Lipinski definition) is 5. The van der Waals surface area contributed by atoms with E-state index in [1.807, 2.05) is 51.1 Å². The van der Waals surface area contributed by atoms with Crippen molar-refractivity contribution in [1.29, 1.82) is 0 Å². The number of likely N-dealkylation sites (tertiary alicyclic amines) is 1. The normalized spacial score (nSPS) is 15.1. The van der Waals surface area contributed by atoms with Crippen LogP contribution < -0.4 is 10.1 Å². The van der Waals surface area contributed by atoms with Gasteiger partial charge in [-0.25, -0.2) is 4.79 Å². The first-order chi connectivity index (χ1) is 13.8. The molecule has 0 atom stereocenters. The monoisotopic (exact) mass is 400 g/mol. The number of hydrogen-bond donors (Lipinski definition) is 1. The maximum Gasteiger partial charge on any atom is 0.410 e. The summed E-state index contributed by atoms with van der Waals surface area (Å²) >= 11 is 0. The number of benzene rings is 1. The van der Waals surface area contributed by atoms with Crippen molar-refractivity contribution in [2.75, 3.05) is 13.1 Å². The molecule has 0 spiro atoms. The summed E-state index contributed by atoms with van der Waals surface area (Å²) in [6, 6.07) is 11.1.